The molecule has 80 valence electrons. The van der Waals surface area contributed by atoms with Crippen LogP contribution in [-0.2, 0) is 0 Å². The minimum atomic E-state index is -0.866. The zero-order valence-corrected chi connectivity index (χ0v) is 9.38. The third kappa shape index (κ3) is 4.10. The van der Waals surface area contributed by atoms with Gasteiger partial charge in [-0.3, -0.25) is 0 Å². The van der Waals surface area contributed by atoms with Gasteiger partial charge in [0.1, 0.15) is 0 Å². The van der Waals surface area contributed by atoms with Crippen molar-refractivity contribution in [3.05, 3.63) is 0 Å². The Balaban J connectivity index is 3.99. The Bertz CT molecular complexity index is 128. The lowest BCUT2D eigenvalue weighted by molar-refractivity contribution is -0.0843. The summed E-state index contributed by atoms with van der Waals surface area (Å²) in [7, 11) is 0. The lowest BCUT2D eigenvalue weighted by Crippen LogP contribution is -2.41. The van der Waals surface area contributed by atoms with Crippen LogP contribution in [0.4, 0.5) is 0 Å². The molecular weight excluding hydrogens is 164 g/mol. The summed E-state index contributed by atoms with van der Waals surface area (Å²) in [5.74, 6) is 0.590. The van der Waals surface area contributed by atoms with Gasteiger partial charge >= 0.3 is 0 Å². The van der Waals surface area contributed by atoms with Crippen LogP contribution >= 0.6 is 0 Å². The van der Waals surface area contributed by atoms with E-state index in [4.69, 9.17) is 0 Å². The third-order valence-electron chi connectivity index (χ3n) is 2.86. The molecule has 1 unspecified atom stereocenters. The normalized spacial score (nSPS) is 15.0. The first kappa shape index (κ1) is 12.9. The van der Waals surface area contributed by atoms with Gasteiger partial charge in [-0.2, -0.15) is 0 Å². The summed E-state index contributed by atoms with van der Waals surface area (Å²) in [6.45, 7) is 8.09. The van der Waals surface area contributed by atoms with E-state index >= 15 is 0 Å². The minimum Gasteiger partial charge on any atom is -0.390 e. The van der Waals surface area contributed by atoms with Crippen LogP contribution < -0.4 is 0 Å². The van der Waals surface area contributed by atoms with E-state index < -0.39 is 11.7 Å². The van der Waals surface area contributed by atoms with Gasteiger partial charge in [-0.15, -0.1) is 0 Å². The monoisotopic (exact) mass is 188 g/mol. The van der Waals surface area contributed by atoms with E-state index in [0.717, 1.165) is 6.42 Å². The zero-order valence-electron chi connectivity index (χ0n) is 9.38. The second-order valence-corrected chi connectivity index (χ2v) is 4.30. The summed E-state index contributed by atoms with van der Waals surface area (Å²) in [4.78, 5) is 0. The molecule has 0 radical (unpaired) electrons. The molecule has 0 aromatic carbocycles. The van der Waals surface area contributed by atoms with Gasteiger partial charge in [-0.25, -0.2) is 0 Å². The number of aliphatic hydroxyl groups is 2. The minimum absolute atomic E-state index is 0.565. The van der Waals surface area contributed by atoms with Gasteiger partial charge in [-0.05, 0) is 31.6 Å². The van der Waals surface area contributed by atoms with Gasteiger partial charge in [0.2, 0.25) is 0 Å². The molecule has 0 bridgehead atoms. The van der Waals surface area contributed by atoms with Gasteiger partial charge in [-0.1, -0.05) is 27.7 Å². The second-order valence-electron chi connectivity index (χ2n) is 4.30. The Hall–Kier alpha value is -0.0800. The summed E-state index contributed by atoms with van der Waals surface area (Å²) < 4.78 is 0. The lowest BCUT2D eigenvalue weighted by Gasteiger charge is -2.31. The molecule has 0 aromatic heterocycles. The van der Waals surface area contributed by atoms with Crippen LogP contribution in [0.25, 0.3) is 0 Å². The molecule has 2 N–H and O–H groups in total. The summed E-state index contributed by atoms with van der Waals surface area (Å²) in [5, 5.41) is 19.7. The van der Waals surface area contributed by atoms with Crippen molar-refractivity contribution in [1.29, 1.82) is 0 Å². The molecule has 0 amide bonds. The van der Waals surface area contributed by atoms with E-state index in [-0.39, 0.29) is 0 Å². The summed E-state index contributed by atoms with van der Waals surface area (Å²) in [5.41, 5.74) is -0.866. The summed E-state index contributed by atoms with van der Waals surface area (Å²) in [6, 6.07) is 0. The van der Waals surface area contributed by atoms with Crippen LogP contribution in [0, 0.1) is 5.92 Å². The second kappa shape index (κ2) is 5.61. The summed E-state index contributed by atoms with van der Waals surface area (Å²) >= 11 is 0. The Morgan fingerprint density at radius 3 is 1.85 bits per heavy atom. The van der Waals surface area contributed by atoms with E-state index in [2.05, 4.69) is 13.8 Å². The first-order valence-electron chi connectivity index (χ1n) is 5.36. The predicted molar refractivity (Wildman–Crippen MR) is 55.6 cm³/mol. The maximum absolute atomic E-state index is 9.96. The fourth-order valence-electron chi connectivity index (χ4n) is 1.48. The van der Waals surface area contributed by atoms with Crippen molar-refractivity contribution in [3.8, 4) is 0 Å². The number of hydrogen-bond acceptors (Lipinski definition) is 2. The molecule has 0 aliphatic rings. The molecule has 0 saturated carbocycles. The van der Waals surface area contributed by atoms with E-state index in [1.54, 1.807) is 0 Å². The van der Waals surface area contributed by atoms with Gasteiger partial charge in [0.25, 0.3) is 0 Å². The first-order valence-corrected chi connectivity index (χ1v) is 5.36. The molecule has 0 saturated heterocycles. The highest BCUT2D eigenvalue weighted by molar-refractivity contribution is 4.83. The van der Waals surface area contributed by atoms with Crippen molar-refractivity contribution in [2.75, 3.05) is 0 Å². The van der Waals surface area contributed by atoms with Crippen LogP contribution in [0.3, 0.4) is 0 Å². The SMILES string of the molecule is CCC(O)(CC)C(O)CCC(C)C. The summed E-state index contributed by atoms with van der Waals surface area (Å²) in [6.07, 6.45) is 2.37. The Morgan fingerprint density at radius 2 is 1.54 bits per heavy atom. The zero-order chi connectivity index (χ0) is 10.5. The van der Waals surface area contributed by atoms with Crippen LogP contribution in [0.2, 0.25) is 0 Å². The van der Waals surface area contributed by atoms with Gasteiger partial charge < -0.3 is 10.2 Å². The highest BCUT2D eigenvalue weighted by Gasteiger charge is 2.31. The third-order valence-corrected chi connectivity index (χ3v) is 2.86. The largest absolute Gasteiger partial charge is 0.390 e. The molecule has 1 atom stereocenters. The quantitative estimate of drug-likeness (QED) is 0.671. The molecule has 13 heavy (non-hydrogen) atoms. The molecule has 0 aliphatic carbocycles. The maximum Gasteiger partial charge on any atom is 0.0900 e. The first-order chi connectivity index (χ1) is 5.96. The van der Waals surface area contributed by atoms with Gasteiger partial charge in [0.05, 0.1) is 11.7 Å². The van der Waals surface area contributed by atoms with Crippen molar-refractivity contribution in [1.82, 2.24) is 0 Å². The molecule has 0 heterocycles. The van der Waals surface area contributed by atoms with Crippen LogP contribution in [0.1, 0.15) is 53.4 Å². The lowest BCUT2D eigenvalue weighted by atomic mass is 9.87. The van der Waals surface area contributed by atoms with E-state index in [9.17, 15) is 10.2 Å². The molecule has 0 fully saturated rings. The number of rotatable bonds is 6. The van der Waals surface area contributed by atoms with E-state index in [1.165, 1.54) is 0 Å². The Morgan fingerprint density at radius 1 is 1.08 bits per heavy atom. The van der Waals surface area contributed by atoms with Crippen molar-refractivity contribution in [2.24, 2.45) is 5.92 Å². The van der Waals surface area contributed by atoms with Crippen LogP contribution in [-0.4, -0.2) is 21.9 Å². The molecule has 0 rings (SSSR count). The molecule has 2 nitrogen and oxygen atoms in total. The fourth-order valence-corrected chi connectivity index (χ4v) is 1.48. The smallest absolute Gasteiger partial charge is 0.0900 e. The van der Waals surface area contributed by atoms with Gasteiger partial charge in [0.15, 0.2) is 0 Å². The standard InChI is InChI=1S/C11H24O2/c1-5-11(13,6-2)10(12)8-7-9(3)4/h9-10,12-13H,5-8H2,1-4H3. The highest BCUT2D eigenvalue weighted by Crippen LogP contribution is 2.23. The molecule has 0 spiro atoms. The highest BCUT2D eigenvalue weighted by atomic mass is 16.3. The Labute approximate surface area is 82.0 Å². The maximum atomic E-state index is 9.96. The fraction of sp³-hybridized carbons (Fsp3) is 1.00. The van der Waals surface area contributed by atoms with Crippen molar-refractivity contribution >= 4 is 0 Å². The van der Waals surface area contributed by atoms with Gasteiger partial charge in [0, 0.05) is 0 Å². The molecule has 2 heteroatoms. The van der Waals surface area contributed by atoms with Crippen molar-refractivity contribution in [3.63, 3.8) is 0 Å². The van der Waals surface area contributed by atoms with Crippen molar-refractivity contribution in [2.45, 2.75) is 65.1 Å². The molecule has 0 aliphatic heterocycles. The Kier molecular flexibility index (Phi) is 5.57. The van der Waals surface area contributed by atoms with Crippen LogP contribution in [0.5, 0.6) is 0 Å². The van der Waals surface area contributed by atoms with Crippen molar-refractivity contribution < 1.29 is 10.2 Å². The van der Waals surface area contributed by atoms with E-state index in [1.807, 2.05) is 13.8 Å². The topological polar surface area (TPSA) is 40.5 Å². The number of aliphatic hydroxyl groups excluding tert-OH is 1. The number of hydrogen-bond donors (Lipinski definition) is 2. The average Bonchev–Trinajstić information content (AvgIpc) is 2.12. The average molecular weight is 188 g/mol. The molecular formula is C11H24O2. The predicted octanol–water partition coefficient (Wildman–Crippen LogP) is 2.33. The van der Waals surface area contributed by atoms with Crippen LogP contribution in [0.15, 0.2) is 0 Å². The molecule has 0 aromatic rings. The van der Waals surface area contributed by atoms with E-state index in [0.29, 0.717) is 25.2 Å².